The summed E-state index contributed by atoms with van der Waals surface area (Å²) >= 11 is 1.15. The molecule has 6 rings (SSSR count). The van der Waals surface area contributed by atoms with Gasteiger partial charge in [-0.15, -0.1) is 11.3 Å². The number of likely N-dealkylation sites (N-methyl/N-ethyl adjacent to an activating group) is 1. The number of imidazole rings is 1. The summed E-state index contributed by atoms with van der Waals surface area (Å²) in [5, 5.41) is 6.46. The fourth-order valence-electron chi connectivity index (χ4n) is 6.66. The van der Waals surface area contributed by atoms with Crippen LogP contribution in [0.5, 0.6) is 0 Å². The molecular weight excluding hydrogens is 676 g/mol. The largest absolute Gasteiger partial charge is 0.444 e. The zero-order chi connectivity index (χ0) is 37.1. The topological polar surface area (TPSA) is 81.3 Å². The molecule has 0 saturated carbocycles. The second-order valence-electron chi connectivity index (χ2n) is 14.3. The summed E-state index contributed by atoms with van der Waals surface area (Å²) in [6.45, 7) is 15.9. The Balaban J connectivity index is 1.66. The molecule has 2 atom stereocenters. The zero-order valence-corrected chi connectivity index (χ0v) is 31.1. The Morgan fingerprint density at radius 3 is 2.57 bits per heavy atom. The first-order valence-electron chi connectivity index (χ1n) is 16.6. The fraction of sp³-hybridized carbons (Fsp3) is 0.368. The third kappa shape index (κ3) is 6.60. The molecule has 0 fully saturated rings. The molecule has 0 radical (unpaired) electrons. The lowest BCUT2D eigenvalue weighted by Crippen LogP contribution is -2.45. The number of rotatable bonds is 7. The Bertz CT molecular complexity index is 2260. The summed E-state index contributed by atoms with van der Waals surface area (Å²) in [4.78, 5) is 26.6. The van der Waals surface area contributed by atoms with Crippen molar-refractivity contribution in [2.75, 3.05) is 27.2 Å². The van der Waals surface area contributed by atoms with Crippen LogP contribution in [0, 0.1) is 12.7 Å². The van der Waals surface area contributed by atoms with Gasteiger partial charge in [-0.2, -0.15) is 5.10 Å². The lowest BCUT2D eigenvalue weighted by Gasteiger charge is -2.38. The Hall–Kier alpha value is -4.75. The number of thiophene rings is 1. The molecule has 1 amide bonds. The molecule has 1 aliphatic rings. The minimum absolute atomic E-state index is 0.0767. The maximum atomic E-state index is 16.3. The lowest BCUT2D eigenvalue weighted by molar-refractivity contribution is 0.00865. The first-order valence-corrected chi connectivity index (χ1v) is 17.5. The number of fused-ring (bicyclic) bond motifs is 3. The molecule has 1 aromatic carbocycles. The minimum atomic E-state index is -0.931. The van der Waals surface area contributed by atoms with Gasteiger partial charge in [0.25, 0.3) is 0 Å². The standard InChI is InChI=1S/C38H42F3N7O2S/c1-20(17-45(8)9)31(25(40)13-14-39)33-32-26(41)19-51-36(32)34(24-11-12-29-27(15-24)42-23(4)46(29)10)43-35(33)28-16-30-22(3)47(18-21(2)48(30)44-28)37(49)50-38(5,6)7/h11-16,19,21-22H,1,17-18H2,2-10H3/b14-13+,31-25?/t21?,22-/m1/s1. The van der Waals surface area contributed by atoms with E-state index in [1.54, 1.807) is 30.0 Å². The van der Waals surface area contributed by atoms with E-state index < -0.39 is 29.4 Å². The molecule has 5 aromatic rings. The molecule has 0 N–H and O–H groups in total. The first kappa shape index (κ1) is 36.1. The molecule has 0 saturated heterocycles. The van der Waals surface area contributed by atoms with E-state index in [-0.39, 0.29) is 41.1 Å². The van der Waals surface area contributed by atoms with E-state index in [0.717, 1.165) is 28.2 Å². The van der Waals surface area contributed by atoms with Crippen LogP contribution in [0.2, 0.25) is 0 Å². The Labute approximate surface area is 299 Å². The SMILES string of the molecule is C=C(CN(C)C)C(=C(F)/C=C/F)c1c(-c2cc3n(n2)C(C)CN(C(=O)OC(C)(C)C)[C@@H]3C)nc(-c2ccc3c(c2)nc(C)n3C)c2scc(F)c12. The van der Waals surface area contributed by atoms with Crippen molar-refractivity contribution in [2.45, 2.75) is 59.2 Å². The Kier molecular flexibility index (Phi) is 9.49. The summed E-state index contributed by atoms with van der Waals surface area (Å²) < 4.78 is 56.1. The molecule has 1 aliphatic heterocycles. The van der Waals surface area contributed by atoms with Crippen molar-refractivity contribution in [3.63, 3.8) is 0 Å². The summed E-state index contributed by atoms with van der Waals surface area (Å²) in [6, 6.07) is 6.84. The van der Waals surface area contributed by atoms with Crippen LogP contribution in [0.3, 0.4) is 0 Å². The van der Waals surface area contributed by atoms with Gasteiger partial charge < -0.3 is 14.2 Å². The maximum absolute atomic E-state index is 16.3. The highest BCUT2D eigenvalue weighted by Crippen LogP contribution is 2.46. The third-order valence-electron chi connectivity index (χ3n) is 9.02. The smallest absolute Gasteiger partial charge is 0.410 e. The number of hydrogen-bond acceptors (Lipinski definition) is 7. The van der Waals surface area contributed by atoms with Crippen LogP contribution in [-0.2, 0) is 11.8 Å². The predicted octanol–water partition coefficient (Wildman–Crippen LogP) is 9.32. The van der Waals surface area contributed by atoms with Gasteiger partial charge in [0.2, 0.25) is 0 Å². The summed E-state index contributed by atoms with van der Waals surface area (Å²) in [5.41, 5.74) is 3.68. The molecule has 9 nitrogen and oxygen atoms in total. The molecule has 1 unspecified atom stereocenters. The molecular formula is C38H42F3N7O2S. The summed E-state index contributed by atoms with van der Waals surface area (Å²) in [5.74, 6) is -0.686. The van der Waals surface area contributed by atoms with Gasteiger partial charge in [0.1, 0.15) is 28.8 Å². The molecule has 0 bridgehead atoms. The van der Waals surface area contributed by atoms with Crippen LogP contribution < -0.4 is 0 Å². The summed E-state index contributed by atoms with van der Waals surface area (Å²) in [7, 11) is 5.53. The number of pyridine rings is 1. The number of allylic oxidation sites excluding steroid dienone is 2. The number of carbonyl (C=O) groups is 1. The van der Waals surface area contributed by atoms with Crippen molar-refractivity contribution in [1.82, 2.24) is 34.1 Å². The van der Waals surface area contributed by atoms with E-state index in [1.807, 2.05) is 76.0 Å². The molecule has 0 aliphatic carbocycles. The average Bonchev–Trinajstić information content (AvgIpc) is 3.74. The van der Waals surface area contributed by atoms with Crippen molar-refractivity contribution in [3.8, 4) is 22.6 Å². The number of amides is 1. The van der Waals surface area contributed by atoms with Crippen LogP contribution in [-0.4, -0.2) is 73.0 Å². The van der Waals surface area contributed by atoms with E-state index in [9.17, 15) is 9.18 Å². The Morgan fingerprint density at radius 1 is 1.18 bits per heavy atom. The third-order valence-corrected chi connectivity index (χ3v) is 9.98. The second-order valence-corrected chi connectivity index (χ2v) is 15.2. The van der Waals surface area contributed by atoms with Gasteiger partial charge >= 0.3 is 6.09 Å². The van der Waals surface area contributed by atoms with E-state index in [1.165, 1.54) is 5.38 Å². The average molecular weight is 718 g/mol. The van der Waals surface area contributed by atoms with Crippen molar-refractivity contribution in [2.24, 2.45) is 7.05 Å². The first-order chi connectivity index (χ1) is 24.0. The van der Waals surface area contributed by atoms with E-state index in [4.69, 9.17) is 19.8 Å². The van der Waals surface area contributed by atoms with Crippen LogP contribution >= 0.6 is 11.3 Å². The Morgan fingerprint density at radius 2 is 1.90 bits per heavy atom. The summed E-state index contributed by atoms with van der Waals surface area (Å²) in [6.07, 6.45) is 0.348. The van der Waals surface area contributed by atoms with Gasteiger partial charge in [-0.1, -0.05) is 12.6 Å². The zero-order valence-electron chi connectivity index (χ0n) is 30.3. The van der Waals surface area contributed by atoms with Crippen molar-refractivity contribution in [3.05, 3.63) is 82.9 Å². The molecule has 13 heteroatoms. The molecule has 4 aromatic heterocycles. The number of ether oxygens (including phenoxy) is 1. The number of aromatic nitrogens is 5. The van der Waals surface area contributed by atoms with Crippen molar-refractivity contribution in [1.29, 1.82) is 0 Å². The van der Waals surface area contributed by atoms with Crippen molar-refractivity contribution < 1.29 is 22.7 Å². The number of hydrogen-bond donors (Lipinski definition) is 0. The monoisotopic (exact) mass is 717 g/mol. The highest BCUT2D eigenvalue weighted by Gasteiger charge is 2.37. The number of halogens is 3. The van der Waals surface area contributed by atoms with Crippen LogP contribution in [0.4, 0.5) is 18.0 Å². The van der Waals surface area contributed by atoms with Crippen LogP contribution in [0.15, 0.2) is 60.0 Å². The molecule has 5 heterocycles. The fourth-order valence-corrected chi connectivity index (χ4v) is 7.59. The second kappa shape index (κ2) is 13.4. The maximum Gasteiger partial charge on any atom is 0.410 e. The quantitative estimate of drug-likeness (QED) is 0.156. The van der Waals surface area contributed by atoms with Gasteiger partial charge in [-0.25, -0.2) is 27.9 Å². The number of carbonyl (C=O) groups excluding carboxylic acids is 1. The molecule has 51 heavy (non-hydrogen) atoms. The molecule has 268 valence electrons. The van der Waals surface area contributed by atoms with Gasteiger partial charge in [-0.05, 0) is 79.4 Å². The van der Waals surface area contributed by atoms with Gasteiger partial charge in [0, 0.05) is 53.7 Å². The molecule has 0 spiro atoms. The van der Waals surface area contributed by atoms with Crippen molar-refractivity contribution >= 4 is 44.1 Å². The highest BCUT2D eigenvalue weighted by molar-refractivity contribution is 7.17. The van der Waals surface area contributed by atoms with Gasteiger partial charge in [0.15, 0.2) is 0 Å². The number of nitrogens with zero attached hydrogens (tertiary/aromatic N) is 7. The number of aryl methyl sites for hydroxylation is 2. The van der Waals surface area contributed by atoms with E-state index in [2.05, 4.69) is 6.58 Å². The van der Waals surface area contributed by atoms with Crippen LogP contribution in [0.25, 0.3) is 49.3 Å². The van der Waals surface area contributed by atoms with E-state index in [0.29, 0.717) is 45.5 Å². The predicted molar refractivity (Wildman–Crippen MR) is 197 cm³/mol. The minimum Gasteiger partial charge on any atom is -0.444 e. The van der Waals surface area contributed by atoms with Gasteiger partial charge in [0.05, 0.1) is 51.2 Å². The van der Waals surface area contributed by atoms with E-state index >= 15 is 8.78 Å². The van der Waals surface area contributed by atoms with Gasteiger partial charge in [-0.3, -0.25) is 9.58 Å². The normalized spacial score (nSPS) is 17.2. The van der Waals surface area contributed by atoms with Crippen LogP contribution in [0.1, 0.15) is 63.8 Å². The lowest BCUT2D eigenvalue weighted by atomic mass is 9.91. The number of benzene rings is 1. The highest BCUT2D eigenvalue weighted by atomic mass is 32.1.